The standard InChI is InChI=1S/C15H22N2O3/c1-11-6-8-17(9-7-11)15(18)16-13-10-12(19-2)4-5-14(13)20-3/h4-5,10-11H,6-9H2,1-3H3,(H,16,18). The molecule has 1 aliphatic heterocycles. The van der Waals surface area contributed by atoms with E-state index in [0.717, 1.165) is 25.9 Å². The third kappa shape index (κ3) is 3.35. The molecule has 0 spiro atoms. The van der Waals surface area contributed by atoms with Crippen LogP contribution in [0.1, 0.15) is 19.8 Å². The molecule has 110 valence electrons. The number of ether oxygens (including phenoxy) is 2. The molecule has 1 fully saturated rings. The van der Waals surface area contributed by atoms with Crippen molar-refractivity contribution < 1.29 is 14.3 Å². The molecule has 1 N–H and O–H groups in total. The Morgan fingerprint density at radius 3 is 2.55 bits per heavy atom. The summed E-state index contributed by atoms with van der Waals surface area (Å²) in [6, 6.07) is 5.27. The van der Waals surface area contributed by atoms with Gasteiger partial charge in [-0.2, -0.15) is 0 Å². The monoisotopic (exact) mass is 278 g/mol. The minimum atomic E-state index is -0.0801. The number of hydrogen-bond donors (Lipinski definition) is 1. The van der Waals surface area contributed by atoms with Crippen LogP contribution in [-0.2, 0) is 0 Å². The highest BCUT2D eigenvalue weighted by molar-refractivity contribution is 5.91. The summed E-state index contributed by atoms with van der Waals surface area (Å²) in [4.78, 5) is 14.1. The summed E-state index contributed by atoms with van der Waals surface area (Å²) in [5.41, 5.74) is 0.635. The summed E-state index contributed by atoms with van der Waals surface area (Å²) in [5.74, 6) is 2.02. The molecule has 2 rings (SSSR count). The molecule has 5 heteroatoms. The van der Waals surface area contributed by atoms with E-state index in [4.69, 9.17) is 9.47 Å². The number of benzene rings is 1. The summed E-state index contributed by atoms with van der Waals surface area (Å²) in [7, 11) is 3.18. The van der Waals surface area contributed by atoms with Crippen LogP contribution in [0.2, 0.25) is 0 Å². The molecule has 1 aliphatic rings. The maximum Gasteiger partial charge on any atom is 0.321 e. The van der Waals surface area contributed by atoms with E-state index in [9.17, 15) is 4.79 Å². The van der Waals surface area contributed by atoms with Crippen LogP contribution in [0.15, 0.2) is 18.2 Å². The third-order valence-electron chi connectivity index (χ3n) is 3.72. The van der Waals surface area contributed by atoms with Crippen molar-refractivity contribution in [3.8, 4) is 11.5 Å². The minimum absolute atomic E-state index is 0.0801. The van der Waals surface area contributed by atoms with E-state index in [-0.39, 0.29) is 6.03 Å². The van der Waals surface area contributed by atoms with E-state index < -0.39 is 0 Å². The molecule has 0 unspecified atom stereocenters. The molecule has 5 nitrogen and oxygen atoms in total. The Labute approximate surface area is 119 Å². The first kappa shape index (κ1) is 14.5. The minimum Gasteiger partial charge on any atom is -0.497 e. The molecule has 0 atom stereocenters. The van der Waals surface area contributed by atoms with Gasteiger partial charge in [0.1, 0.15) is 11.5 Å². The molecule has 1 aromatic rings. The highest BCUT2D eigenvalue weighted by Gasteiger charge is 2.21. The first-order valence-electron chi connectivity index (χ1n) is 6.92. The van der Waals surface area contributed by atoms with Gasteiger partial charge < -0.3 is 19.7 Å². The van der Waals surface area contributed by atoms with Crippen molar-refractivity contribution in [3.63, 3.8) is 0 Å². The second kappa shape index (κ2) is 6.50. The molecule has 0 aromatic heterocycles. The van der Waals surface area contributed by atoms with Gasteiger partial charge in [0.05, 0.1) is 19.9 Å². The van der Waals surface area contributed by atoms with Crippen molar-refractivity contribution >= 4 is 11.7 Å². The lowest BCUT2D eigenvalue weighted by atomic mass is 10.00. The van der Waals surface area contributed by atoms with Gasteiger partial charge in [0.25, 0.3) is 0 Å². The zero-order valence-corrected chi connectivity index (χ0v) is 12.3. The normalized spacial score (nSPS) is 15.8. The van der Waals surface area contributed by atoms with E-state index in [2.05, 4.69) is 12.2 Å². The number of nitrogens with zero attached hydrogens (tertiary/aromatic N) is 1. The van der Waals surface area contributed by atoms with Crippen molar-refractivity contribution in [1.29, 1.82) is 0 Å². The zero-order valence-electron chi connectivity index (χ0n) is 12.3. The maximum absolute atomic E-state index is 12.3. The fourth-order valence-electron chi connectivity index (χ4n) is 2.32. The van der Waals surface area contributed by atoms with Crippen LogP contribution in [0.25, 0.3) is 0 Å². The maximum atomic E-state index is 12.3. The molecule has 2 amide bonds. The van der Waals surface area contributed by atoms with E-state index in [0.29, 0.717) is 23.1 Å². The van der Waals surface area contributed by atoms with Crippen molar-refractivity contribution in [3.05, 3.63) is 18.2 Å². The summed E-state index contributed by atoms with van der Waals surface area (Å²) in [5, 5.41) is 2.90. The summed E-state index contributed by atoms with van der Waals surface area (Å²) >= 11 is 0. The molecule has 0 saturated carbocycles. The number of amides is 2. The van der Waals surface area contributed by atoms with Crippen LogP contribution in [0.4, 0.5) is 10.5 Å². The van der Waals surface area contributed by atoms with Gasteiger partial charge in [-0.15, -0.1) is 0 Å². The van der Waals surface area contributed by atoms with Gasteiger partial charge in [-0.05, 0) is 30.9 Å². The SMILES string of the molecule is COc1ccc(OC)c(NC(=O)N2CCC(C)CC2)c1. The number of anilines is 1. The molecule has 1 saturated heterocycles. The van der Waals surface area contributed by atoms with E-state index >= 15 is 0 Å². The molecule has 0 bridgehead atoms. The smallest absolute Gasteiger partial charge is 0.321 e. The molecule has 20 heavy (non-hydrogen) atoms. The van der Waals surface area contributed by atoms with Crippen LogP contribution in [0.5, 0.6) is 11.5 Å². The van der Waals surface area contributed by atoms with Crippen molar-refractivity contribution in [2.24, 2.45) is 5.92 Å². The average Bonchev–Trinajstić information content (AvgIpc) is 2.47. The molecule has 0 aliphatic carbocycles. The Hall–Kier alpha value is -1.91. The van der Waals surface area contributed by atoms with Gasteiger partial charge in [-0.25, -0.2) is 4.79 Å². The highest BCUT2D eigenvalue weighted by atomic mass is 16.5. The van der Waals surface area contributed by atoms with Crippen LogP contribution < -0.4 is 14.8 Å². The Balaban J connectivity index is 2.06. The van der Waals surface area contributed by atoms with Gasteiger partial charge in [0.2, 0.25) is 0 Å². The van der Waals surface area contributed by atoms with Crippen LogP contribution in [0.3, 0.4) is 0 Å². The largest absolute Gasteiger partial charge is 0.497 e. The number of hydrogen-bond acceptors (Lipinski definition) is 3. The number of likely N-dealkylation sites (tertiary alicyclic amines) is 1. The quantitative estimate of drug-likeness (QED) is 0.924. The Morgan fingerprint density at radius 2 is 1.95 bits per heavy atom. The van der Waals surface area contributed by atoms with E-state index in [1.807, 2.05) is 4.90 Å². The van der Waals surface area contributed by atoms with E-state index in [1.165, 1.54) is 0 Å². The Kier molecular flexibility index (Phi) is 4.71. The van der Waals surface area contributed by atoms with E-state index in [1.54, 1.807) is 32.4 Å². The molecule has 0 radical (unpaired) electrons. The lowest BCUT2D eigenvalue weighted by molar-refractivity contribution is 0.186. The predicted octanol–water partition coefficient (Wildman–Crippen LogP) is 2.97. The Morgan fingerprint density at radius 1 is 1.25 bits per heavy atom. The Bertz CT molecular complexity index is 468. The lowest BCUT2D eigenvalue weighted by Crippen LogP contribution is -2.40. The van der Waals surface area contributed by atoms with Gasteiger partial charge in [-0.1, -0.05) is 6.92 Å². The predicted molar refractivity (Wildman–Crippen MR) is 78.5 cm³/mol. The lowest BCUT2D eigenvalue weighted by Gasteiger charge is -2.30. The second-order valence-corrected chi connectivity index (χ2v) is 5.17. The summed E-state index contributed by atoms with van der Waals surface area (Å²) in [6.45, 7) is 3.83. The van der Waals surface area contributed by atoms with Crippen molar-refractivity contribution in [1.82, 2.24) is 4.90 Å². The van der Waals surface area contributed by atoms with Crippen LogP contribution in [-0.4, -0.2) is 38.2 Å². The second-order valence-electron chi connectivity index (χ2n) is 5.17. The van der Waals surface area contributed by atoms with Crippen molar-refractivity contribution in [2.45, 2.75) is 19.8 Å². The van der Waals surface area contributed by atoms with Gasteiger partial charge in [0.15, 0.2) is 0 Å². The fourth-order valence-corrected chi connectivity index (χ4v) is 2.32. The number of urea groups is 1. The molecule has 1 aromatic carbocycles. The first-order chi connectivity index (χ1) is 9.63. The highest BCUT2D eigenvalue weighted by Crippen LogP contribution is 2.29. The van der Waals surface area contributed by atoms with Gasteiger partial charge in [0, 0.05) is 19.2 Å². The van der Waals surface area contributed by atoms with Gasteiger partial charge >= 0.3 is 6.03 Å². The topological polar surface area (TPSA) is 50.8 Å². The number of nitrogens with one attached hydrogen (secondary N) is 1. The van der Waals surface area contributed by atoms with Crippen LogP contribution in [0, 0.1) is 5.92 Å². The first-order valence-corrected chi connectivity index (χ1v) is 6.92. The molecular weight excluding hydrogens is 256 g/mol. The number of carbonyl (C=O) groups is 1. The number of methoxy groups -OCH3 is 2. The molecular formula is C15H22N2O3. The number of piperidine rings is 1. The fraction of sp³-hybridized carbons (Fsp3) is 0.533. The number of carbonyl (C=O) groups excluding carboxylic acids is 1. The van der Waals surface area contributed by atoms with Crippen molar-refractivity contribution in [2.75, 3.05) is 32.6 Å². The average molecular weight is 278 g/mol. The molecule has 1 heterocycles. The summed E-state index contributed by atoms with van der Waals surface area (Å²) in [6.07, 6.45) is 2.12. The zero-order chi connectivity index (χ0) is 14.5. The summed E-state index contributed by atoms with van der Waals surface area (Å²) < 4.78 is 10.4. The third-order valence-corrected chi connectivity index (χ3v) is 3.72. The van der Waals surface area contributed by atoms with Gasteiger partial charge in [-0.3, -0.25) is 0 Å². The number of rotatable bonds is 3. The van der Waals surface area contributed by atoms with Crippen LogP contribution >= 0.6 is 0 Å².